The zero-order valence-corrected chi connectivity index (χ0v) is 9.19. The Hall–Kier alpha value is -1.07. The van der Waals surface area contributed by atoms with Gasteiger partial charge in [0, 0.05) is 12.1 Å². The van der Waals surface area contributed by atoms with Crippen molar-refractivity contribution in [1.82, 2.24) is 15.5 Å². The standard InChI is InChI=1S/C9H13ClN4O/c1-9(2-3-11-5-9)13-6-4-12-14-8(15)7(6)10/h4,11H,2-3,5H2,1H3,(H2,13,14,15). The average molecular weight is 229 g/mol. The maximum absolute atomic E-state index is 11.2. The predicted molar refractivity (Wildman–Crippen MR) is 59.4 cm³/mol. The molecule has 1 atom stereocenters. The molecule has 0 aliphatic carbocycles. The largest absolute Gasteiger partial charge is 0.376 e. The molecule has 6 heteroatoms. The fourth-order valence-corrected chi connectivity index (χ4v) is 1.86. The molecule has 1 aromatic heterocycles. The van der Waals surface area contributed by atoms with Crippen LogP contribution in [-0.4, -0.2) is 28.8 Å². The zero-order chi connectivity index (χ0) is 10.9. The number of aromatic amines is 1. The lowest BCUT2D eigenvalue weighted by Crippen LogP contribution is -2.37. The van der Waals surface area contributed by atoms with Crippen LogP contribution >= 0.6 is 11.6 Å². The molecule has 2 heterocycles. The fraction of sp³-hybridized carbons (Fsp3) is 0.556. The molecular formula is C9H13ClN4O. The summed E-state index contributed by atoms with van der Waals surface area (Å²) in [5.74, 6) is 0. The molecule has 1 aliphatic rings. The monoisotopic (exact) mass is 228 g/mol. The van der Waals surface area contributed by atoms with Crippen molar-refractivity contribution in [2.45, 2.75) is 18.9 Å². The normalized spacial score (nSPS) is 25.5. The Morgan fingerprint density at radius 2 is 2.47 bits per heavy atom. The Bertz CT molecular complexity index is 411. The van der Waals surface area contributed by atoms with E-state index in [1.165, 1.54) is 6.20 Å². The summed E-state index contributed by atoms with van der Waals surface area (Å²) in [5.41, 5.74) is 0.168. The van der Waals surface area contributed by atoms with Crippen molar-refractivity contribution in [2.75, 3.05) is 18.4 Å². The predicted octanol–water partition coefficient (Wildman–Crippen LogP) is 0.587. The molecule has 0 aromatic carbocycles. The van der Waals surface area contributed by atoms with E-state index in [2.05, 4.69) is 27.8 Å². The molecule has 0 spiro atoms. The van der Waals surface area contributed by atoms with Gasteiger partial charge in [0.05, 0.1) is 11.9 Å². The van der Waals surface area contributed by atoms with Crippen LogP contribution in [0.1, 0.15) is 13.3 Å². The molecule has 1 aliphatic heterocycles. The Labute approximate surface area is 92.2 Å². The Morgan fingerprint density at radius 3 is 3.13 bits per heavy atom. The highest BCUT2D eigenvalue weighted by molar-refractivity contribution is 6.32. The maximum Gasteiger partial charge on any atom is 0.285 e. The van der Waals surface area contributed by atoms with Gasteiger partial charge in [-0.1, -0.05) is 11.6 Å². The lowest BCUT2D eigenvalue weighted by Gasteiger charge is -2.25. The molecule has 0 radical (unpaired) electrons. The van der Waals surface area contributed by atoms with Gasteiger partial charge in [0.15, 0.2) is 0 Å². The van der Waals surface area contributed by atoms with Crippen LogP contribution in [0, 0.1) is 0 Å². The number of anilines is 1. The highest BCUT2D eigenvalue weighted by atomic mass is 35.5. The number of nitrogens with zero attached hydrogens (tertiary/aromatic N) is 1. The van der Waals surface area contributed by atoms with Gasteiger partial charge in [-0.3, -0.25) is 4.79 Å². The molecule has 1 aromatic rings. The molecule has 0 bridgehead atoms. The summed E-state index contributed by atoms with van der Waals surface area (Å²) in [6.07, 6.45) is 2.53. The molecule has 15 heavy (non-hydrogen) atoms. The zero-order valence-electron chi connectivity index (χ0n) is 8.43. The SMILES string of the molecule is CC1(Nc2cn[nH]c(=O)c2Cl)CCNC1. The lowest BCUT2D eigenvalue weighted by molar-refractivity contribution is 0.566. The number of hydrogen-bond donors (Lipinski definition) is 3. The van der Waals surface area contributed by atoms with Crippen molar-refractivity contribution in [1.29, 1.82) is 0 Å². The first-order valence-corrected chi connectivity index (χ1v) is 5.21. The van der Waals surface area contributed by atoms with Crippen molar-refractivity contribution in [3.63, 3.8) is 0 Å². The number of rotatable bonds is 2. The second kappa shape index (κ2) is 3.83. The van der Waals surface area contributed by atoms with Crippen molar-refractivity contribution in [2.24, 2.45) is 0 Å². The van der Waals surface area contributed by atoms with E-state index in [1.54, 1.807) is 0 Å². The van der Waals surface area contributed by atoms with Crippen LogP contribution in [0.15, 0.2) is 11.0 Å². The first-order valence-electron chi connectivity index (χ1n) is 4.83. The van der Waals surface area contributed by atoms with Crippen LogP contribution in [0.4, 0.5) is 5.69 Å². The van der Waals surface area contributed by atoms with Crippen LogP contribution in [0.3, 0.4) is 0 Å². The molecule has 82 valence electrons. The van der Waals surface area contributed by atoms with Crippen LogP contribution in [0.2, 0.25) is 5.02 Å². The van der Waals surface area contributed by atoms with E-state index in [-0.39, 0.29) is 16.1 Å². The molecule has 1 fully saturated rings. The summed E-state index contributed by atoms with van der Waals surface area (Å²) < 4.78 is 0. The summed E-state index contributed by atoms with van der Waals surface area (Å²) in [6.45, 7) is 3.92. The third-order valence-corrected chi connectivity index (χ3v) is 2.98. The van der Waals surface area contributed by atoms with Crippen LogP contribution in [-0.2, 0) is 0 Å². The highest BCUT2D eigenvalue weighted by Crippen LogP contribution is 2.23. The first-order chi connectivity index (χ1) is 7.11. The minimum Gasteiger partial charge on any atom is -0.376 e. The molecule has 2 rings (SSSR count). The van der Waals surface area contributed by atoms with E-state index in [9.17, 15) is 4.79 Å². The van der Waals surface area contributed by atoms with E-state index < -0.39 is 0 Å². The quantitative estimate of drug-likeness (QED) is 0.693. The number of halogens is 1. The third-order valence-electron chi connectivity index (χ3n) is 2.60. The van der Waals surface area contributed by atoms with Gasteiger partial charge in [0.2, 0.25) is 0 Å². The minimum absolute atomic E-state index is 0.0564. The van der Waals surface area contributed by atoms with Gasteiger partial charge >= 0.3 is 0 Å². The van der Waals surface area contributed by atoms with Crippen molar-refractivity contribution in [3.8, 4) is 0 Å². The van der Waals surface area contributed by atoms with Gasteiger partial charge in [-0.05, 0) is 19.9 Å². The van der Waals surface area contributed by atoms with Crippen molar-refractivity contribution < 1.29 is 0 Å². The maximum atomic E-state index is 11.2. The Morgan fingerprint density at radius 1 is 1.67 bits per heavy atom. The van der Waals surface area contributed by atoms with Gasteiger partial charge < -0.3 is 10.6 Å². The Kier molecular flexibility index (Phi) is 2.67. The highest BCUT2D eigenvalue weighted by Gasteiger charge is 2.29. The number of hydrogen-bond acceptors (Lipinski definition) is 4. The number of aromatic nitrogens is 2. The summed E-state index contributed by atoms with van der Waals surface area (Å²) in [6, 6.07) is 0. The van der Waals surface area contributed by atoms with Gasteiger partial charge in [-0.15, -0.1) is 0 Å². The Balaban J connectivity index is 2.24. The lowest BCUT2D eigenvalue weighted by atomic mass is 10.0. The van der Waals surface area contributed by atoms with E-state index >= 15 is 0 Å². The van der Waals surface area contributed by atoms with E-state index in [1.807, 2.05) is 0 Å². The summed E-state index contributed by atoms with van der Waals surface area (Å²) in [5, 5.41) is 12.7. The summed E-state index contributed by atoms with van der Waals surface area (Å²) in [4.78, 5) is 11.2. The van der Waals surface area contributed by atoms with E-state index in [4.69, 9.17) is 11.6 Å². The summed E-state index contributed by atoms with van der Waals surface area (Å²) in [7, 11) is 0. The van der Waals surface area contributed by atoms with Gasteiger partial charge in [0.1, 0.15) is 5.02 Å². The van der Waals surface area contributed by atoms with E-state index in [0.717, 1.165) is 19.5 Å². The smallest absolute Gasteiger partial charge is 0.285 e. The van der Waals surface area contributed by atoms with Crippen LogP contribution in [0.25, 0.3) is 0 Å². The van der Waals surface area contributed by atoms with Crippen LogP contribution in [0.5, 0.6) is 0 Å². The summed E-state index contributed by atoms with van der Waals surface area (Å²) >= 11 is 5.87. The third kappa shape index (κ3) is 2.13. The van der Waals surface area contributed by atoms with Gasteiger partial charge in [-0.25, -0.2) is 5.10 Å². The number of nitrogens with one attached hydrogen (secondary N) is 3. The molecule has 5 nitrogen and oxygen atoms in total. The second-order valence-corrected chi connectivity index (χ2v) is 4.42. The number of H-pyrrole nitrogens is 1. The first kappa shape index (κ1) is 10.4. The van der Waals surface area contributed by atoms with Crippen LogP contribution < -0.4 is 16.2 Å². The average Bonchev–Trinajstić information content (AvgIpc) is 2.60. The van der Waals surface area contributed by atoms with Crippen molar-refractivity contribution in [3.05, 3.63) is 21.6 Å². The van der Waals surface area contributed by atoms with E-state index in [0.29, 0.717) is 5.69 Å². The molecular weight excluding hydrogens is 216 g/mol. The molecule has 1 saturated heterocycles. The molecule has 0 amide bonds. The van der Waals surface area contributed by atoms with Gasteiger partial charge in [0.25, 0.3) is 5.56 Å². The molecule has 1 unspecified atom stereocenters. The second-order valence-electron chi connectivity index (χ2n) is 4.04. The minimum atomic E-state index is -0.365. The fourth-order valence-electron chi connectivity index (χ4n) is 1.72. The van der Waals surface area contributed by atoms with Gasteiger partial charge in [-0.2, -0.15) is 5.10 Å². The molecule has 3 N–H and O–H groups in total. The molecule has 0 saturated carbocycles. The topological polar surface area (TPSA) is 69.8 Å². The van der Waals surface area contributed by atoms with Crippen molar-refractivity contribution >= 4 is 17.3 Å².